The summed E-state index contributed by atoms with van der Waals surface area (Å²) in [7, 11) is 1.60. The molecule has 0 radical (unpaired) electrons. The lowest BCUT2D eigenvalue weighted by atomic mass is 10.3. The number of hydrogen-bond acceptors (Lipinski definition) is 5. The summed E-state index contributed by atoms with van der Waals surface area (Å²) in [6.45, 7) is 3.51. The first-order valence-corrected chi connectivity index (χ1v) is 6.51. The molecule has 0 aliphatic rings. The highest BCUT2D eigenvalue weighted by Crippen LogP contribution is 2.14. The van der Waals surface area contributed by atoms with Gasteiger partial charge in [0.2, 0.25) is 5.91 Å². The van der Waals surface area contributed by atoms with Crippen molar-refractivity contribution in [2.24, 2.45) is 0 Å². The van der Waals surface area contributed by atoms with Gasteiger partial charge in [-0.15, -0.1) is 0 Å². The number of fused-ring (bicyclic) bond motifs is 1. The lowest BCUT2D eigenvalue weighted by Crippen LogP contribution is -2.28. The first kappa shape index (κ1) is 14.3. The SMILES string of the molecule is COCCNC(=O)CCNc1nccn2nc(C)cc12. The topological polar surface area (TPSA) is 80.5 Å². The maximum Gasteiger partial charge on any atom is 0.221 e. The highest BCUT2D eigenvalue weighted by atomic mass is 16.5. The molecule has 2 N–H and O–H groups in total. The monoisotopic (exact) mass is 277 g/mol. The van der Waals surface area contributed by atoms with E-state index in [4.69, 9.17) is 4.74 Å². The lowest BCUT2D eigenvalue weighted by molar-refractivity contribution is -0.121. The van der Waals surface area contributed by atoms with Crippen LogP contribution in [0.3, 0.4) is 0 Å². The summed E-state index contributed by atoms with van der Waals surface area (Å²) in [6, 6.07) is 1.95. The van der Waals surface area contributed by atoms with Crippen LogP contribution in [-0.2, 0) is 9.53 Å². The summed E-state index contributed by atoms with van der Waals surface area (Å²) in [5, 5.41) is 10.2. The second-order valence-electron chi connectivity index (χ2n) is 4.41. The minimum absolute atomic E-state index is 0.00816. The van der Waals surface area contributed by atoms with Crippen LogP contribution in [0.5, 0.6) is 0 Å². The molecule has 0 spiro atoms. The van der Waals surface area contributed by atoms with Gasteiger partial charge in [-0.05, 0) is 13.0 Å². The summed E-state index contributed by atoms with van der Waals surface area (Å²) >= 11 is 0. The standard InChI is InChI=1S/C13H19N5O2/c1-10-9-11-13(16-5-7-18(11)17-10)15-4-3-12(19)14-6-8-20-2/h5,7,9H,3-4,6,8H2,1-2H3,(H,14,19)(H,15,16). The molecule has 0 bridgehead atoms. The smallest absolute Gasteiger partial charge is 0.221 e. The third-order valence-corrected chi connectivity index (χ3v) is 2.78. The zero-order valence-corrected chi connectivity index (χ0v) is 11.7. The average molecular weight is 277 g/mol. The van der Waals surface area contributed by atoms with Crippen LogP contribution in [0.4, 0.5) is 5.82 Å². The Kier molecular flexibility index (Phi) is 4.89. The van der Waals surface area contributed by atoms with Gasteiger partial charge >= 0.3 is 0 Å². The first-order chi connectivity index (χ1) is 9.70. The fraction of sp³-hybridized carbons (Fsp3) is 0.462. The molecule has 108 valence electrons. The van der Waals surface area contributed by atoms with Gasteiger partial charge in [0.05, 0.1) is 12.3 Å². The maximum atomic E-state index is 11.5. The zero-order valence-electron chi connectivity index (χ0n) is 11.7. The number of nitrogens with zero attached hydrogens (tertiary/aromatic N) is 3. The zero-order chi connectivity index (χ0) is 14.4. The molecular weight excluding hydrogens is 258 g/mol. The summed E-state index contributed by atoms with van der Waals surface area (Å²) in [5.41, 5.74) is 1.84. The minimum Gasteiger partial charge on any atom is -0.383 e. The molecule has 2 heterocycles. The van der Waals surface area contributed by atoms with Crippen molar-refractivity contribution in [1.29, 1.82) is 0 Å². The number of amides is 1. The van der Waals surface area contributed by atoms with Gasteiger partial charge in [0.25, 0.3) is 0 Å². The van der Waals surface area contributed by atoms with Crippen molar-refractivity contribution in [2.75, 3.05) is 32.1 Å². The van der Waals surface area contributed by atoms with E-state index < -0.39 is 0 Å². The van der Waals surface area contributed by atoms with E-state index in [1.54, 1.807) is 24.0 Å². The number of aromatic nitrogens is 3. The van der Waals surface area contributed by atoms with E-state index >= 15 is 0 Å². The Morgan fingerprint density at radius 3 is 3.10 bits per heavy atom. The molecule has 1 amide bonds. The number of carbonyl (C=O) groups is 1. The van der Waals surface area contributed by atoms with E-state index in [2.05, 4.69) is 20.7 Å². The summed E-state index contributed by atoms with van der Waals surface area (Å²) < 4.78 is 6.63. The largest absolute Gasteiger partial charge is 0.383 e. The number of anilines is 1. The Morgan fingerprint density at radius 2 is 2.30 bits per heavy atom. The van der Waals surface area contributed by atoms with Gasteiger partial charge in [-0.3, -0.25) is 4.79 Å². The third kappa shape index (κ3) is 3.67. The number of ether oxygens (including phenoxy) is 1. The fourth-order valence-electron chi connectivity index (χ4n) is 1.86. The molecule has 2 aromatic heterocycles. The Labute approximate surface area is 117 Å². The van der Waals surface area contributed by atoms with Crippen LogP contribution in [-0.4, -0.2) is 47.3 Å². The van der Waals surface area contributed by atoms with Crippen molar-refractivity contribution in [3.05, 3.63) is 24.2 Å². The molecule has 0 unspecified atom stereocenters. The van der Waals surface area contributed by atoms with Gasteiger partial charge in [0.15, 0.2) is 5.82 Å². The molecule has 0 fully saturated rings. The number of methoxy groups -OCH3 is 1. The predicted molar refractivity (Wildman–Crippen MR) is 75.7 cm³/mol. The summed E-state index contributed by atoms with van der Waals surface area (Å²) in [5.74, 6) is 0.726. The molecule has 0 saturated heterocycles. The van der Waals surface area contributed by atoms with Crippen molar-refractivity contribution >= 4 is 17.2 Å². The van der Waals surface area contributed by atoms with Crippen molar-refractivity contribution < 1.29 is 9.53 Å². The molecule has 0 atom stereocenters. The van der Waals surface area contributed by atoms with Crippen LogP contribution in [0.1, 0.15) is 12.1 Å². The third-order valence-electron chi connectivity index (χ3n) is 2.78. The molecule has 0 aromatic carbocycles. The van der Waals surface area contributed by atoms with E-state index in [0.29, 0.717) is 26.1 Å². The van der Waals surface area contributed by atoms with Gasteiger partial charge in [-0.25, -0.2) is 9.50 Å². The van der Waals surface area contributed by atoms with E-state index in [1.807, 2.05) is 13.0 Å². The van der Waals surface area contributed by atoms with Crippen LogP contribution >= 0.6 is 0 Å². The second kappa shape index (κ2) is 6.85. The van der Waals surface area contributed by atoms with E-state index in [-0.39, 0.29) is 5.91 Å². The fourth-order valence-corrected chi connectivity index (χ4v) is 1.86. The number of hydrogen-bond donors (Lipinski definition) is 2. The molecule has 0 aliphatic carbocycles. The Bertz CT molecular complexity index is 581. The van der Waals surface area contributed by atoms with Gasteiger partial charge in [0.1, 0.15) is 5.52 Å². The Hall–Kier alpha value is -2.15. The molecule has 0 saturated carbocycles. The quantitative estimate of drug-likeness (QED) is 0.724. The van der Waals surface area contributed by atoms with Gasteiger partial charge in [-0.1, -0.05) is 0 Å². The van der Waals surface area contributed by atoms with Crippen molar-refractivity contribution in [3.8, 4) is 0 Å². The first-order valence-electron chi connectivity index (χ1n) is 6.51. The number of nitrogens with one attached hydrogen (secondary N) is 2. The van der Waals surface area contributed by atoms with Crippen LogP contribution in [0.25, 0.3) is 5.52 Å². The maximum absolute atomic E-state index is 11.5. The van der Waals surface area contributed by atoms with Gasteiger partial charge in [0, 0.05) is 39.0 Å². The Morgan fingerprint density at radius 1 is 1.45 bits per heavy atom. The molecule has 20 heavy (non-hydrogen) atoms. The Balaban J connectivity index is 1.85. The second-order valence-corrected chi connectivity index (χ2v) is 4.41. The summed E-state index contributed by atoms with van der Waals surface area (Å²) in [4.78, 5) is 15.8. The summed E-state index contributed by atoms with van der Waals surface area (Å²) in [6.07, 6.45) is 3.87. The molecule has 2 aromatic rings. The van der Waals surface area contributed by atoms with Gasteiger partial charge < -0.3 is 15.4 Å². The van der Waals surface area contributed by atoms with Crippen LogP contribution < -0.4 is 10.6 Å². The molecular formula is C13H19N5O2. The van der Waals surface area contributed by atoms with E-state index in [1.165, 1.54) is 0 Å². The van der Waals surface area contributed by atoms with Crippen molar-refractivity contribution in [2.45, 2.75) is 13.3 Å². The normalized spacial score (nSPS) is 10.7. The lowest BCUT2D eigenvalue weighted by Gasteiger charge is -2.07. The van der Waals surface area contributed by atoms with E-state index in [0.717, 1.165) is 17.0 Å². The highest BCUT2D eigenvalue weighted by Gasteiger charge is 2.06. The average Bonchev–Trinajstić information content (AvgIpc) is 2.80. The predicted octanol–water partition coefficient (Wildman–Crippen LogP) is 0.602. The van der Waals surface area contributed by atoms with Crippen molar-refractivity contribution in [3.63, 3.8) is 0 Å². The van der Waals surface area contributed by atoms with Crippen LogP contribution in [0.2, 0.25) is 0 Å². The number of aryl methyl sites for hydroxylation is 1. The molecule has 0 aliphatic heterocycles. The van der Waals surface area contributed by atoms with Crippen molar-refractivity contribution in [1.82, 2.24) is 19.9 Å². The van der Waals surface area contributed by atoms with Crippen LogP contribution in [0.15, 0.2) is 18.5 Å². The van der Waals surface area contributed by atoms with Crippen LogP contribution in [0, 0.1) is 6.92 Å². The highest BCUT2D eigenvalue weighted by molar-refractivity contribution is 5.76. The van der Waals surface area contributed by atoms with E-state index in [9.17, 15) is 4.79 Å². The molecule has 7 nitrogen and oxygen atoms in total. The minimum atomic E-state index is -0.00816. The molecule has 7 heteroatoms. The number of carbonyl (C=O) groups excluding carboxylic acids is 1. The van der Waals surface area contributed by atoms with Gasteiger partial charge in [-0.2, -0.15) is 5.10 Å². The number of rotatable bonds is 7. The molecule has 2 rings (SSSR count).